The zero-order valence-corrected chi connectivity index (χ0v) is 17.3. The van der Waals surface area contributed by atoms with Crippen molar-refractivity contribution in [2.45, 2.75) is 25.2 Å². The molecule has 0 saturated carbocycles. The third kappa shape index (κ3) is 6.65. The van der Waals surface area contributed by atoms with Gasteiger partial charge in [0, 0.05) is 25.7 Å². The van der Waals surface area contributed by atoms with Gasteiger partial charge < -0.3 is 10.2 Å². The number of carbonyl (C=O) groups is 2. The van der Waals surface area contributed by atoms with Crippen LogP contribution in [0.4, 0.5) is 10.1 Å². The number of aryl methyl sites for hydroxylation is 2. The summed E-state index contributed by atoms with van der Waals surface area (Å²) >= 11 is 0. The van der Waals surface area contributed by atoms with Gasteiger partial charge in [0.15, 0.2) is 0 Å². The minimum Gasteiger partial charge on any atom is -0.336 e. The third-order valence-corrected chi connectivity index (χ3v) is 5.80. The Hall–Kier alpha value is -2.78. The first-order valence-corrected chi connectivity index (χ1v) is 10.4. The van der Waals surface area contributed by atoms with Crippen LogP contribution in [0.5, 0.6) is 0 Å². The SMILES string of the molecule is Cc1ccc(C)c(S(=O)(=O)NCCC(=O)N(C)CC(=O)Nc2ccc(F)cc2)c1. The van der Waals surface area contributed by atoms with Crippen molar-refractivity contribution in [1.29, 1.82) is 0 Å². The molecule has 0 spiro atoms. The Balaban J connectivity index is 1.84. The average molecular weight is 421 g/mol. The predicted molar refractivity (Wildman–Crippen MR) is 108 cm³/mol. The highest BCUT2D eigenvalue weighted by atomic mass is 32.2. The summed E-state index contributed by atoms with van der Waals surface area (Å²) < 4.78 is 40.2. The van der Waals surface area contributed by atoms with E-state index in [4.69, 9.17) is 0 Å². The Morgan fingerprint density at radius 1 is 1.07 bits per heavy atom. The Labute approximate surface area is 170 Å². The number of hydrogen-bond acceptors (Lipinski definition) is 4. The molecule has 0 aromatic heterocycles. The van der Waals surface area contributed by atoms with Crippen molar-refractivity contribution in [2.24, 2.45) is 0 Å². The largest absolute Gasteiger partial charge is 0.336 e. The molecule has 0 aliphatic rings. The lowest BCUT2D eigenvalue weighted by Gasteiger charge is -2.17. The molecule has 2 aromatic carbocycles. The summed E-state index contributed by atoms with van der Waals surface area (Å²) in [6, 6.07) is 10.4. The van der Waals surface area contributed by atoms with Crippen molar-refractivity contribution in [3.63, 3.8) is 0 Å². The van der Waals surface area contributed by atoms with Gasteiger partial charge in [-0.2, -0.15) is 0 Å². The molecular formula is C20H24FN3O4S. The Morgan fingerprint density at radius 2 is 1.72 bits per heavy atom. The summed E-state index contributed by atoms with van der Waals surface area (Å²) in [5, 5.41) is 2.56. The van der Waals surface area contributed by atoms with E-state index in [1.807, 2.05) is 6.07 Å². The van der Waals surface area contributed by atoms with E-state index in [1.165, 1.54) is 36.2 Å². The maximum atomic E-state index is 12.9. The third-order valence-electron chi connectivity index (χ3n) is 4.20. The van der Waals surface area contributed by atoms with Crippen molar-refractivity contribution in [1.82, 2.24) is 9.62 Å². The molecule has 156 valence electrons. The molecule has 0 aliphatic heterocycles. The number of benzene rings is 2. The zero-order chi connectivity index (χ0) is 21.6. The lowest BCUT2D eigenvalue weighted by atomic mass is 10.2. The van der Waals surface area contributed by atoms with E-state index in [1.54, 1.807) is 26.0 Å². The molecule has 0 radical (unpaired) electrons. The standard InChI is InChI=1S/C20H24FN3O4S/c1-14-4-5-15(2)18(12-14)29(27,28)22-11-10-20(26)24(3)13-19(25)23-17-8-6-16(21)7-9-17/h4-9,12,22H,10-11,13H2,1-3H3,(H,23,25). The van der Waals surface area contributed by atoms with Gasteiger partial charge >= 0.3 is 0 Å². The first-order valence-electron chi connectivity index (χ1n) is 8.95. The van der Waals surface area contributed by atoms with Crippen LogP contribution in [0.2, 0.25) is 0 Å². The number of nitrogens with one attached hydrogen (secondary N) is 2. The fraction of sp³-hybridized carbons (Fsp3) is 0.300. The van der Waals surface area contributed by atoms with Gasteiger partial charge in [-0.15, -0.1) is 0 Å². The van der Waals surface area contributed by atoms with Crippen molar-refractivity contribution >= 4 is 27.5 Å². The lowest BCUT2D eigenvalue weighted by molar-refractivity contribution is -0.133. The van der Waals surface area contributed by atoms with E-state index < -0.39 is 21.7 Å². The van der Waals surface area contributed by atoms with Gasteiger partial charge in [0.05, 0.1) is 11.4 Å². The quantitative estimate of drug-likeness (QED) is 0.683. The van der Waals surface area contributed by atoms with Gasteiger partial charge in [-0.1, -0.05) is 12.1 Å². The van der Waals surface area contributed by atoms with Crippen LogP contribution < -0.4 is 10.0 Å². The van der Waals surface area contributed by atoms with E-state index in [9.17, 15) is 22.4 Å². The van der Waals surface area contributed by atoms with Crippen molar-refractivity contribution in [2.75, 3.05) is 25.5 Å². The van der Waals surface area contributed by atoms with E-state index >= 15 is 0 Å². The second-order valence-corrected chi connectivity index (χ2v) is 8.46. The number of hydrogen-bond donors (Lipinski definition) is 2. The number of nitrogens with zero attached hydrogens (tertiary/aromatic N) is 1. The van der Waals surface area contributed by atoms with E-state index in [2.05, 4.69) is 10.0 Å². The highest BCUT2D eigenvalue weighted by Crippen LogP contribution is 2.16. The predicted octanol–water partition coefficient (Wildman–Crippen LogP) is 2.21. The fourth-order valence-corrected chi connectivity index (χ4v) is 3.95. The Kier molecular flexibility index (Phi) is 7.46. The summed E-state index contributed by atoms with van der Waals surface area (Å²) in [6.07, 6.45) is -0.0928. The van der Waals surface area contributed by atoms with Crippen LogP contribution in [-0.2, 0) is 19.6 Å². The van der Waals surface area contributed by atoms with Crippen molar-refractivity contribution in [3.05, 3.63) is 59.4 Å². The normalized spacial score (nSPS) is 11.2. The minimum absolute atomic E-state index is 0.0849. The summed E-state index contributed by atoms with van der Waals surface area (Å²) in [6.45, 7) is 3.21. The molecule has 7 nitrogen and oxygen atoms in total. The van der Waals surface area contributed by atoms with Crippen LogP contribution in [0.15, 0.2) is 47.4 Å². The van der Waals surface area contributed by atoms with Crippen LogP contribution in [-0.4, -0.2) is 45.3 Å². The number of rotatable bonds is 8. The molecule has 2 rings (SSSR count). The summed E-state index contributed by atoms with van der Waals surface area (Å²) in [5.41, 5.74) is 1.85. The first kappa shape index (κ1) is 22.5. The number of likely N-dealkylation sites (N-methyl/N-ethyl adjacent to an activating group) is 1. The summed E-state index contributed by atoms with van der Waals surface area (Å²) in [5.74, 6) is -1.25. The maximum absolute atomic E-state index is 12.9. The molecule has 0 aliphatic carbocycles. The number of sulfonamides is 1. The second kappa shape index (κ2) is 9.62. The van der Waals surface area contributed by atoms with Gasteiger partial charge in [-0.25, -0.2) is 17.5 Å². The molecule has 2 N–H and O–H groups in total. The monoisotopic (exact) mass is 421 g/mol. The van der Waals surface area contributed by atoms with Crippen molar-refractivity contribution in [3.8, 4) is 0 Å². The van der Waals surface area contributed by atoms with Crippen LogP contribution >= 0.6 is 0 Å². The Bertz CT molecular complexity index is 991. The summed E-state index contributed by atoms with van der Waals surface area (Å²) in [4.78, 5) is 25.5. The van der Waals surface area contributed by atoms with E-state index in [0.717, 1.165) is 5.56 Å². The van der Waals surface area contributed by atoms with Gasteiger partial charge in [0.25, 0.3) is 0 Å². The molecular weight excluding hydrogens is 397 g/mol. The average Bonchev–Trinajstić information content (AvgIpc) is 2.65. The number of amides is 2. The molecule has 0 unspecified atom stereocenters. The van der Waals surface area contributed by atoms with E-state index in [0.29, 0.717) is 11.3 Å². The molecule has 0 atom stereocenters. The van der Waals surface area contributed by atoms with Gasteiger partial charge in [-0.3, -0.25) is 9.59 Å². The highest BCUT2D eigenvalue weighted by molar-refractivity contribution is 7.89. The zero-order valence-electron chi connectivity index (χ0n) is 16.5. The summed E-state index contributed by atoms with van der Waals surface area (Å²) in [7, 11) is -2.28. The molecule has 2 amide bonds. The second-order valence-electron chi connectivity index (χ2n) is 6.72. The van der Waals surface area contributed by atoms with E-state index in [-0.39, 0.29) is 30.3 Å². The molecule has 9 heteroatoms. The number of carbonyl (C=O) groups excluding carboxylic acids is 2. The fourth-order valence-electron chi connectivity index (χ4n) is 2.60. The smallest absolute Gasteiger partial charge is 0.243 e. The number of anilines is 1. The lowest BCUT2D eigenvalue weighted by Crippen LogP contribution is -2.37. The molecule has 0 bridgehead atoms. The van der Waals surface area contributed by atoms with Crippen molar-refractivity contribution < 1.29 is 22.4 Å². The first-order chi connectivity index (χ1) is 13.6. The molecule has 2 aromatic rings. The van der Waals surface area contributed by atoms with Crippen LogP contribution in [0.25, 0.3) is 0 Å². The topological polar surface area (TPSA) is 95.6 Å². The van der Waals surface area contributed by atoms with Crippen LogP contribution in [0.3, 0.4) is 0 Å². The highest BCUT2D eigenvalue weighted by Gasteiger charge is 2.18. The Morgan fingerprint density at radius 3 is 2.38 bits per heavy atom. The van der Waals surface area contributed by atoms with Gasteiger partial charge in [0.2, 0.25) is 21.8 Å². The van der Waals surface area contributed by atoms with Crippen LogP contribution in [0.1, 0.15) is 17.5 Å². The van der Waals surface area contributed by atoms with Crippen LogP contribution in [0, 0.1) is 19.7 Å². The van der Waals surface area contributed by atoms with Gasteiger partial charge in [-0.05, 0) is 55.3 Å². The minimum atomic E-state index is -3.73. The number of halogens is 1. The molecule has 0 saturated heterocycles. The van der Waals surface area contributed by atoms with Gasteiger partial charge in [0.1, 0.15) is 5.82 Å². The molecule has 0 fully saturated rings. The molecule has 29 heavy (non-hydrogen) atoms. The molecule has 0 heterocycles. The maximum Gasteiger partial charge on any atom is 0.243 e.